The first kappa shape index (κ1) is 15.8. The second-order valence-electron chi connectivity index (χ2n) is 6.33. The van der Waals surface area contributed by atoms with Gasteiger partial charge in [-0.05, 0) is 52.0 Å². The third kappa shape index (κ3) is 3.54. The van der Waals surface area contributed by atoms with Crippen molar-refractivity contribution >= 4 is 5.84 Å². The van der Waals surface area contributed by atoms with Gasteiger partial charge in [0.15, 0.2) is 5.84 Å². The molecule has 0 heterocycles. The zero-order valence-corrected chi connectivity index (χ0v) is 13.2. The molecule has 21 heavy (non-hydrogen) atoms. The summed E-state index contributed by atoms with van der Waals surface area (Å²) in [6, 6.07) is 7.86. The van der Waals surface area contributed by atoms with Gasteiger partial charge >= 0.3 is 0 Å². The maximum Gasteiger partial charge on any atom is 0.170 e. The first-order valence-corrected chi connectivity index (χ1v) is 7.40. The SMILES string of the molecule is CN(Cc1cccc(/C(N)=N/O)c1)CC1(N(C)C)CCC1. The molecule has 0 aliphatic heterocycles. The smallest absolute Gasteiger partial charge is 0.170 e. The van der Waals surface area contributed by atoms with Crippen LogP contribution in [0.15, 0.2) is 29.4 Å². The van der Waals surface area contributed by atoms with Crippen molar-refractivity contribution in [2.75, 3.05) is 27.7 Å². The highest BCUT2D eigenvalue weighted by molar-refractivity contribution is 5.97. The zero-order valence-electron chi connectivity index (χ0n) is 13.2. The van der Waals surface area contributed by atoms with Crippen molar-refractivity contribution < 1.29 is 5.21 Å². The number of hydrogen-bond acceptors (Lipinski definition) is 4. The fraction of sp³-hybridized carbons (Fsp3) is 0.562. The van der Waals surface area contributed by atoms with Gasteiger partial charge in [0.25, 0.3) is 0 Å². The van der Waals surface area contributed by atoms with Crippen molar-refractivity contribution in [3.8, 4) is 0 Å². The lowest BCUT2D eigenvalue weighted by molar-refractivity contribution is 0.0259. The van der Waals surface area contributed by atoms with E-state index in [9.17, 15) is 0 Å². The fourth-order valence-electron chi connectivity index (χ4n) is 3.09. The van der Waals surface area contributed by atoms with Crippen LogP contribution in [0, 0.1) is 0 Å². The molecule has 5 nitrogen and oxygen atoms in total. The molecule has 0 unspecified atom stereocenters. The van der Waals surface area contributed by atoms with E-state index in [0.29, 0.717) is 5.54 Å². The standard InChI is InChI=1S/C16H26N4O/c1-19(2)16(8-5-9-16)12-20(3)11-13-6-4-7-14(10-13)15(17)18-21/h4,6-7,10,21H,5,8-9,11-12H2,1-3H3,(H2,17,18). The topological polar surface area (TPSA) is 65.1 Å². The highest BCUT2D eigenvalue weighted by Gasteiger charge is 2.39. The van der Waals surface area contributed by atoms with Crippen LogP contribution in [0.5, 0.6) is 0 Å². The highest BCUT2D eigenvalue weighted by atomic mass is 16.4. The number of nitrogens with two attached hydrogens (primary N) is 1. The van der Waals surface area contributed by atoms with E-state index in [1.165, 1.54) is 24.8 Å². The lowest BCUT2D eigenvalue weighted by Crippen LogP contribution is -2.56. The molecular formula is C16H26N4O. The van der Waals surface area contributed by atoms with Crippen LogP contribution in [0.25, 0.3) is 0 Å². The van der Waals surface area contributed by atoms with Crippen LogP contribution in [0.1, 0.15) is 30.4 Å². The second-order valence-corrected chi connectivity index (χ2v) is 6.33. The highest BCUT2D eigenvalue weighted by Crippen LogP contribution is 2.36. The van der Waals surface area contributed by atoms with E-state index in [4.69, 9.17) is 10.9 Å². The van der Waals surface area contributed by atoms with Gasteiger partial charge in [0, 0.05) is 24.2 Å². The molecule has 1 saturated carbocycles. The normalized spacial score (nSPS) is 18.0. The number of hydrogen-bond donors (Lipinski definition) is 2. The first-order valence-electron chi connectivity index (χ1n) is 7.40. The van der Waals surface area contributed by atoms with Gasteiger partial charge in [-0.3, -0.25) is 0 Å². The molecule has 0 aromatic heterocycles. The van der Waals surface area contributed by atoms with Crippen LogP contribution in [0.2, 0.25) is 0 Å². The van der Waals surface area contributed by atoms with Gasteiger partial charge in [-0.1, -0.05) is 23.4 Å². The van der Waals surface area contributed by atoms with Crippen LogP contribution in [0.4, 0.5) is 0 Å². The molecule has 0 saturated heterocycles. The van der Waals surface area contributed by atoms with Gasteiger partial charge in [-0.15, -0.1) is 0 Å². The molecule has 116 valence electrons. The summed E-state index contributed by atoms with van der Waals surface area (Å²) in [7, 11) is 6.50. The van der Waals surface area contributed by atoms with Gasteiger partial charge in [0.2, 0.25) is 0 Å². The average molecular weight is 290 g/mol. The molecule has 1 aromatic rings. The largest absolute Gasteiger partial charge is 0.409 e. The molecule has 1 aliphatic rings. The van der Waals surface area contributed by atoms with E-state index in [1.807, 2.05) is 18.2 Å². The molecule has 1 fully saturated rings. The lowest BCUT2D eigenvalue weighted by atomic mass is 9.75. The zero-order chi connectivity index (χ0) is 15.5. The quantitative estimate of drug-likeness (QED) is 0.362. The first-order chi connectivity index (χ1) is 9.97. The molecular weight excluding hydrogens is 264 g/mol. The lowest BCUT2D eigenvalue weighted by Gasteiger charge is -2.49. The Balaban J connectivity index is 2.01. The summed E-state index contributed by atoms with van der Waals surface area (Å²) in [6.07, 6.45) is 3.87. The molecule has 0 spiro atoms. The third-order valence-corrected chi connectivity index (χ3v) is 4.58. The number of nitrogens with zero attached hydrogens (tertiary/aromatic N) is 3. The third-order valence-electron chi connectivity index (χ3n) is 4.58. The number of likely N-dealkylation sites (N-methyl/N-ethyl adjacent to an activating group) is 2. The molecule has 2 rings (SSSR count). The minimum atomic E-state index is 0.156. The molecule has 3 N–H and O–H groups in total. The Morgan fingerprint density at radius 1 is 1.33 bits per heavy atom. The van der Waals surface area contributed by atoms with Crippen LogP contribution in [0.3, 0.4) is 0 Å². The summed E-state index contributed by atoms with van der Waals surface area (Å²) in [5.74, 6) is 0.156. The van der Waals surface area contributed by atoms with Crippen molar-refractivity contribution in [3.05, 3.63) is 35.4 Å². The second kappa shape index (κ2) is 6.45. The fourth-order valence-corrected chi connectivity index (χ4v) is 3.09. The monoisotopic (exact) mass is 290 g/mol. The minimum Gasteiger partial charge on any atom is -0.409 e. The van der Waals surface area contributed by atoms with Crippen molar-refractivity contribution in [1.29, 1.82) is 0 Å². The molecule has 1 aromatic carbocycles. The van der Waals surface area contributed by atoms with E-state index in [1.54, 1.807) is 0 Å². The Morgan fingerprint density at radius 2 is 2.05 bits per heavy atom. The Kier molecular flexibility index (Phi) is 4.85. The van der Waals surface area contributed by atoms with Crippen molar-refractivity contribution in [2.24, 2.45) is 10.9 Å². The molecule has 0 atom stereocenters. The summed E-state index contributed by atoms with van der Waals surface area (Å²) < 4.78 is 0. The Bertz CT molecular complexity index is 509. The number of rotatable bonds is 6. The van der Waals surface area contributed by atoms with Crippen molar-refractivity contribution in [3.63, 3.8) is 0 Å². The molecule has 0 radical (unpaired) electrons. The number of benzene rings is 1. The molecule has 1 aliphatic carbocycles. The molecule has 5 heteroatoms. The predicted octanol–water partition coefficient (Wildman–Crippen LogP) is 1.70. The summed E-state index contributed by atoms with van der Waals surface area (Å²) in [6.45, 7) is 1.93. The summed E-state index contributed by atoms with van der Waals surface area (Å²) in [5, 5.41) is 11.8. The Morgan fingerprint density at radius 3 is 2.57 bits per heavy atom. The van der Waals surface area contributed by atoms with Gasteiger partial charge in [-0.25, -0.2) is 0 Å². The van der Waals surface area contributed by atoms with Crippen molar-refractivity contribution in [1.82, 2.24) is 9.80 Å². The molecule has 0 bridgehead atoms. The Hall–Kier alpha value is -1.59. The van der Waals surface area contributed by atoms with E-state index in [-0.39, 0.29) is 5.84 Å². The van der Waals surface area contributed by atoms with Crippen LogP contribution >= 0.6 is 0 Å². The van der Waals surface area contributed by atoms with Crippen LogP contribution in [-0.2, 0) is 6.54 Å². The van der Waals surface area contributed by atoms with E-state index >= 15 is 0 Å². The maximum atomic E-state index is 8.76. The van der Waals surface area contributed by atoms with Gasteiger partial charge in [0.05, 0.1) is 0 Å². The summed E-state index contributed by atoms with van der Waals surface area (Å²) in [4.78, 5) is 4.71. The number of oxime groups is 1. The average Bonchev–Trinajstić information content (AvgIpc) is 2.41. The van der Waals surface area contributed by atoms with Gasteiger partial charge < -0.3 is 20.7 Å². The van der Waals surface area contributed by atoms with E-state index in [2.05, 4.69) is 42.2 Å². The summed E-state index contributed by atoms with van der Waals surface area (Å²) >= 11 is 0. The molecule has 0 amide bonds. The van der Waals surface area contributed by atoms with Gasteiger partial charge in [-0.2, -0.15) is 0 Å². The van der Waals surface area contributed by atoms with Crippen molar-refractivity contribution in [2.45, 2.75) is 31.3 Å². The van der Waals surface area contributed by atoms with E-state index in [0.717, 1.165) is 18.7 Å². The van der Waals surface area contributed by atoms with Crippen LogP contribution in [-0.4, -0.2) is 54.1 Å². The Labute approximate surface area is 127 Å². The van der Waals surface area contributed by atoms with Gasteiger partial charge in [0.1, 0.15) is 0 Å². The summed E-state index contributed by atoms with van der Waals surface area (Å²) in [5.41, 5.74) is 7.91. The maximum absolute atomic E-state index is 8.76. The van der Waals surface area contributed by atoms with Crippen LogP contribution < -0.4 is 5.73 Å². The number of amidine groups is 1. The van der Waals surface area contributed by atoms with E-state index < -0.39 is 0 Å². The minimum absolute atomic E-state index is 0.156. The predicted molar refractivity (Wildman–Crippen MR) is 85.6 cm³/mol.